The zero-order chi connectivity index (χ0) is 12.5. The van der Waals surface area contributed by atoms with Crippen molar-refractivity contribution >= 4 is 11.1 Å². The van der Waals surface area contributed by atoms with Crippen molar-refractivity contribution in [2.75, 3.05) is 5.75 Å². The van der Waals surface area contributed by atoms with E-state index in [0.717, 1.165) is 0 Å². The Kier molecular flexibility index (Phi) is 44.6. The van der Waals surface area contributed by atoms with Gasteiger partial charge in [0, 0.05) is 22.8 Å². The van der Waals surface area contributed by atoms with Crippen molar-refractivity contribution in [3.63, 3.8) is 0 Å². The second-order valence-electron chi connectivity index (χ2n) is 1.72. The van der Waals surface area contributed by atoms with Crippen molar-refractivity contribution in [2.45, 2.75) is 0 Å². The van der Waals surface area contributed by atoms with Crippen LogP contribution >= 0.6 is 0 Å². The van der Waals surface area contributed by atoms with Gasteiger partial charge >= 0.3 is 22.6 Å². The number of hydrogen-bond donors (Lipinski definition) is 0. The fourth-order valence-electron chi connectivity index (χ4n) is 0.417. The third kappa shape index (κ3) is 37.9. The molecule has 1 unspecified atom stereocenters. The predicted molar refractivity (Wildman–Crippen MR) is 53.9 cm³/mol. The first-order chi connectivity index (χ1) is 7.27. The van der Waals surface area contributed by atoms with Crippen molar-refractivity contribution in [3.05, 3.63) is 56.3 Å². The topological polar surface area (TPSA) is 79.9 Å². The summed E-state index contributed by atoms with van der Waals surface area (Å²) in [7, 11) is 0. The summed E-state index contributed by atoms with van der Waals surface area (Å²) >= 11 is -1.93. The second-order valence-corrected chi connectivity index (χ2v) is 2.66. The molecule has 0 heterocycles. The van der Waals surface area contributed by atoms with Crippen LogP contribution in [0.2, 0.25) is 0 Å². The summed E-state index contributed by atoms with van der Waals surface area (Å²) in [5.41, 5.74) is 0. The molecule has 0 aromatic heterocycles. The maximum absolute atomic E-state index is 9.53. The minimum Gasteiger partial charge on any atom is -0.214 e. The van der Waals surface area contributed by atoms with Gasteiger partial charge in [0.25, 0.3) is 0 Å². The molecule has 1 atom stereocenters. The molecule has 0 amide bonds. The standard InChI is InChI=1S/C5H5.C3H6O2S.2CO.Fe/c1-2-4-5-3-1;1-2-3-6(4)5;2*1-2;/h1-5H;2H,1,3H2,(H,4,5);;;/q-1;;;;/p-1. The molecular weight excluding hydrogens is 272 g/mol. The molecule has 0 spiro atoms. The summed E-state index contributed by atoms with van der Waals surface area (Å²) in [5, 5.41) is 0. The summed E-state index contributed by atoms with van der Waals surface area (Å²) in [6.45, 7) is 12.2. The van der Waals surface area contributed by atoms with Gasteiger partial charge in [-0.3, -0.25) is 4.21 Å². The van der Waals surface area contributed by atoms with E-state index in [0.29, 0.717) is 0 Å². The van der Waals surface area contributed by atoms with E-state index in [4.69, 9.17) is 9.30 Å². The summed E-state index contributed by atoms with van der Waals surface area (Å²) in [4.78, 5) is 0. The van der Waals surface area contributed by atoms with E-state index in [9.17, 15) is 8.76 Å². The van der Waals surface area contributed by atoms with E-state index in [1.54, 1.807) is 0 Å². The minimum absolute atomic E-state index is 0. The molecule has 0 N–H and O–H groups in total. The number of hydrogen-bond acceptors (Lipinski definition) is 2. The molecule has 1 aromatic rings. The third-order valence-corrected chi connectivity index (χ3v) is 1.32. The van der Waals surface area contributed by atoms with Crippen LogP contribution in [0.4, 0.5) is 0 Å². The Balaban J connectivity index is -0.0000000658. The van der Waals surface area contributed by atoms with Crippen LogP contribution in [0.5, 0.6) is 0 Å². The van der Waals surface area contributed by atoms with Gasteiger partial charge in [0.05, 0.1) is 0 Å². The summed E-state index contributed by atoms with van der Waals surface area (Å²) < 4.78 is 34.1. The maximum atomic E-state index is 9.53. The van der Waals surface area contributed by atoms with Gasteiger partial charge in [-0.05, 0) is 0 Å². The Morgan fingerprint density at radius 2 is 1.69 bits per heavy atom. The van der Waals surface area contributed by atoms with Gasteiger partial charge in [0.2, 0.25) is 0 Å². The Morgan fingerprint density at radius 1 is 1.31 bits per heavy atom. The smallest absolute Gasteiger partial charge is 0 e. The Labute approximate surface area is 108 Å². The van der Waals surface area contributed by atoms with Crippen LogP contribution < -0.4 is 0 Å². The van der Waals surface area contributed by atoms with Crippen LogP contribution in [0.15, 0.2) is 43.0 Å². The van der Waals surface area contributed by atoms with Gasteiger partial charge in [0.1, 0.15) is 0 Å². The summed E-state index contributed by atoms with van der Waals surface area (Å²) in [5.74, 6) is 0.0556. The maximum Gasteiger partial charge on any atom is 0 e. The normalized spacial score (nSPS) is 7.81. The zero-order valence-corrected chi connectivity index (χ0v) is 10.2. The Morgan fingerprint density at radius 3 is 1.75 bits per heavy atom. The molecule has 0 saturated carbocycles. The van der Waals surface area contributed by atoms with Crippen LogP contribution in [-0.2, 0) is 37.5 Å². The second kappa shape index (κ2) is 29.2. The molecule has 4 nitrogen and oxygen atoms in total. The quantitative estimate of drug-likeness (QED) is 0.270. The number of rotatable bonds is 2. The summed E-state index contributed by atoms with van der Waals surface area (Å²) in [6.07, 6.45) is 1.34. The molecule has 0 aliphatic carbocycles. The predicted octanol–water partition coefficient (Wildman–Crippen LogP) is 1.38. The first-order valence-electron chi connectivity index (χ1n) is 3.51. The van der Waals surface area contributed by atoms with Gasteiger partial charge in [-0.1, -0.05) is 17.2 Å². The van der Waals surface area contributed by atoms with Gasteiger partial charge in [-0.15, -0.1) is 6.58 Å². The Bertz CT molecular complexity index is 244. The first kappa shape index (κ1) is 24.4. The fraction of sp³-hybridized carbons (Fsp3) is 0.100. The van der Waals surface area contributed by atoms with Crippen molar-refractivity contribution < 1.29 is 35.1 Å². The van der Waals surface area contributed by atoms with Crippen LogP contribution in [0.1, 0.15) is 0 Å². The zero-order valence-electron chi connectivity index (χ0n) is 8.27. The average Bonchev–Trinajstić information content (AvgIpc) is 2.82. The molecule has 16 heavy (non-hydrogen) atoms. The van der Waals surface area contributed by atoms with Crippen molar-refractivity contribution in [1.29, 1.82) is 0 Å². The molecule has 0 fully saturated rings. The molecule has 0 aliphatic heterocycles. The molecule has 1 aromatic carbocycles. The largest absolute Gasteiger partial charge is 0.214 e. The van der Waals surface area contributed by atoms with E-state index in [1.807, 2.05) is 30.3 Å². The van der Waals surface area contributed by atoms with Crippen LogP contribution in [0.25, 0.3) is 0 Å². The van der Waals surface area contributed by atoms with E-state index < -0.39 is 11.1 Å². The molecular formula is C10H10FeO4S-2. The molecule has 90 valence electrons. The van der Waals surface area contributed by atoms with E-state index in [1.165, 1.54) is 6.08 Å². The fourth-order valence-corrected chi connectivity index (χ4v) is 0.609. The van der Waals surface area contributed by atoms with Crippen LogP contribution in [0, 0.1) is 13.3 Å². The molecule has 0 aliphatic rings. The van der Waals surface area contributed by atoms with E-state index in [2.05, 4.69) is 19.9 Å². The molecule has 0 bridgehead atoms. The van der Waals surface area contributed by atoms with Crippen molar-refractivity contribution in [3.8, 4) is 0 Å². The van der Waals surface area contributed by atoms with Crippen molar-refractivity contribution in [2.24, 2.45) is 0 Å². The minimum atomic E-state index is -1.93. The van der Waals surface area contributed by atoms with Gasteiger partial charge in [-0.2, -0.15) is 18.2 Å². The van der Waals surface area contributed by atoms with Gasteiger partial charge in [0.15, 0.2) is 0 Å². The third-order valence-electron chi connectivity index (χ3n) is 0.809. The molecule has 0 saturated heterocycles. The first-order valence-corrected chi connectivity index (χ1v) is 4.76. The monoisotopic (exact) mass is 282 g/mol. The van der Waals surface area contributed by atoms with Gasteiger partial charge < -0.3 is 4.55 Å². The van der Waals surface area contributed by atoms with E-state index in [-0.39, 0.29) is 22.8 Å². The van der Waals surface area contributed by atoms with Crippen LogP contribution in [-0.4, -0.2) is 14.5 Å². The molecule has 0 radical (unpaired) electrons. The SMILES string of the molecule is C=CCS(=O)[O-].[C-]#[O+].[C-]#[O+].[Fe].c1cc[cH-]c1. The van der Waals surface area contributed by atoms with Crippen molar-refractivity contribution in [1.82, 2.24) is 0 Å². The average molecular weight is 282 g/mol. The van der Waals surface area contributed by atoms with Gasteiger partial charge in [-0.25, -0.2) is 12.1 Å². The summed E-state index contributed by atoms with van der Waals surface area (Å²) in [6, 6.07) is 10.0. The molecule has 6 heteroatoms. The van der Waals surface area contributed by atoms with E-state index >= 15 is 0 Å². The Hall–Kier alpha value is -0.801. The van der Waals surface area contributed by atoms with Crippen LogP contribution in [0.3, 0.4) is 0 Å². The molecule has 1 rings (SSSR count).